The number of hydrogen-bond acceptors (Lipinski definition) is 6. The Labute approximate surface area is 190 Å². The lowest BCUT2D eigenvalue weighted by atomic mass is 10.0. The van der Waals surface area contributed by atoms with Gasteiger partial charge in [-0.15, -0.1) is 0 Å². The molecule has 1 aromatic heterocycles. The van der Waals surface area contributed by atoms with Crippen molar-refractivity contribution in [2.24, 2.45) is 0 Å². The molecule has 1 saturated heterocycles. The number of carbonyl (C=O) groups excluding carboxylic acids is 4. The molecule has 8 nitrogen and oxygen atoms in total. The second-order valence-corrected chi connectivity index (χ2v) is 7.87. The van der Waals surface area contributed by atoms with Crippen LogP contribution in [0.25, 0.3) is 17.4 Å². The molecule has 0 atom stereocenters. The summed E-state index contributed by atoms with van der Waals surface area (Å²) in [5.41, 5.74) is 1.36. The molecule has 1 N–H and O–H groups in total. The Morgan fingerprint density at radius 1 is 1.09 bits per heavy atom. The third-order valence-electron chi connectivity index (χ3n) is 4.81. The summed E-state index contributed by atoms with van der Waals surface area (Å²) in [7, 11) is 0. The third-order valence-corrected chi connectivity index (χ3v) is 5.30. The summed E-state index contributed by atoms with van der Waals surface area (Å²) in [4.78, 5) is 49.5. The highest BCUT2D eigenvalue weighted by atomic mass is 79.9. The first-order valence-corrected chi connectivity index (χ1v) is 10.1. The number of anilines is 1. The van der Waals surface area contributed by atoms with Crippen LogP contribution in [0.1, 0.15) is 21.7 Å². The van der Waals surface area contributed by atoms with Crippen molar-refractivity contribution in [2.45, 2.75) is 6.92 Å². The van der Waals surface area contributed by atoms with Gasteiger partial charge in [0.1, 0.15) is 17.1 Å². The second kappa shape index (κ2) is 8.27. The highest BCUT2D eigenvalue weighted by Crippen LogP contribution is 2.29. The molecule has 160 valence electrons. The van der Waals surface area contributed by atoms with Crippen molar-refractivity contribution in [3.63, 3.8) is 0 Å². The first-order chi connectivity index (χ1) is 15.2. The van der Waals surface area contributed by atoms with E-state index in [0.717, 1.165) is 4.90 Å². The van der Waals surface area contributed by atoms with Crippen LogP contribution in [-0.2, 0) is 9.59 Å². The van der Waals surface area contributed by atoms with E-state index in [9.17, 15) is 24.3 Å². The lowest BCUT2D eigenvalue weighted by molar-refractivity contribution is -0.255. The number of aromatic carboxylic acids is 1. The van der Waals surface area contributed by atoms with E-state index in [4.69, 9.17) is 4.42 Å². The Morgan fingerprint density at radius 3 is 2.56 bits per heavy atom. The average Bonchev–Trinajstić information content (AvgIpc) is 3.19. The molecule has 0 bridgehead atoms. The summed E-state index contributed by atoms with van der Waals surface area (Å²) in [6.45, 7) is 1.72. The van der Waals surface area contributed by atoms with Crippen molar-refractivity contribution < 1.29 is 28.7 Å². The SMILES string of the molecule is Cc1cc(C(=O)[O-])ccc1-c1ccc(/C=C2/C(=O)NC(=O)N(c3cccc(Br)c3)C2=O)o1. The monoisotopic (exact) mass is 493 g/mol. The zero-order chi connectivity index (χ0) is 23.0. The van der Waals surface area contributed by atoms with Crippen LogP contribution in [0, 0.1) is 6.92 Å². The topological polar surface area (TPSA) is 120 Å². The molecular formula is C23H14BrN2O6-. The molecule has 9 heteroatoms. The Bertz CT molecular complexity index is 1320. The molecule has 0 unspecified atom stereocenters. The molecule has 1 aliphatic heterocycles. The van der Waals surface area contributed by atoms with Crippen molar-refractivity contribution in [2.75, 3.05) is 4.90 Å². The Kier molecular flexibility index (Phi) is 5.50. The molecule has 2 heterocycles. The fourth-order valence-corrected chi connectivity index (χ4v) is 3.68. The second-order valence-electron chi connectivity index (χ2n) is 6.96. The number of amides is 4. The van der Waals surface area contributed by atoms with Crippen LogP contribution < -0.4 is 15.3 Å². The van der Waals surface area contributed by atoms with E-state index in [1.807, 2.05) is 0 Å². The van der Waals surface area contributed by atoms with E-state index in [0.29, 0.717) is 27.0 Å². The number of urea groups is 1. The lowest BCUT2D eigenvalue weighted by Crippen LogP contribution is -2.54. The predicted octanol–water partition coefficient (Wildman–Crippen LogP) is 3.05. The van der Waals surface area contributed by atoms with Gasteiger partial charge in [-0.25, -0.2) is 9.69 Å². The number of imide groups is 2. The Hall–Kier alpha value is -3.98. The number of carbonyl (C=O) groups is 4. The molecule has 4 amide bonds. The first kappa shape index (κ1) is 21.3. The number of benzene rings is 2. The minimum Gasteiger partial charge on any atom is -0.545 e. The van der Waals surface area contributed by atoms with Gasteiger partial charge in [0.2, 0.25) is 0 Å². The minimum atomic E-state index is -1.28. The Balaban J connectivity index is 1.67. The maximum absolute atomic E-state index is 13.0. The van der Waals surface area contributed by atoms with Crippen LogP contribution in [0.3, 0.4) is 0 Å². The number of hydrogen-bond donors (Lipinski definition) is 1. The summed E-state index contributed by atoms with van der Waals surface area (Å²) >= 11 is 3.29. The molecular weight excluding hydrogens is 480 g/mol. The third kappa shape index (κ3) is 3.97. The van der Waals surface area contributed by atoms with Gasteiger partial charge in [-0.1, -0.05) is 34.1 Å². The molecule has 1 aliphatic rings. The largest absolute Gasteiger partial charge is 0.545 e. The molecule has 0 radical (unpaired) electrons. The van der Waals surface area contributed by atoms with Crippen molar-refractivity contribution in [3.8, 4) is 11.3 Å². The van der Waals surface area contributed by atoms with Crippen LogP contribution in [0.4, 0.5) is 10.5 Å². The zero-order valence-electron chi connectivity index (χ0n) is 16.5. The number of nitrogens with zero attached hydrogens (tertiary/aromatic N) is 1. The van der Waals surface area contributed by atoms with Gasteiger partial charge in [-0.2, -0.15) is 0 Å². The Morgan fingerprint density at radius 2 is 1.88 bits per heavy atom. The molecule has 2 aromatic carbocycles. The highest BCUT2D eigenvalue weighted by molar-refractivity contribution is 9.10. The van der Waals surface area contributed by atoms with Crippen molar-refractivity contribution >= 4 is 51.5 Å². The van der Waals surface area contributed by atoms with Crippen LogP contribution in [0.5, 0.6) is 0 Å². The van der Waals surface area contributed by atoms with Gasteiger partial charge in [-0.05, 0) is 60.5 Å². The van der Waals surface area contributed by atoms with Gasteiger partial charge in [0, 0.05) is 10.0 Å². The number of carboxylic acids is 1. The fraction of sp³-hybridized carbons (Fsp3) is 0.0435. The highest BCUT2D eigenvalue weighted by Gasteiger charge is 2.37. The van der Waals surface area contributed by atoms with Crippen molar-refractivity contribution in [3.05, 3.63) is 81.5 Å². The minimum absolute atomic E-state index is 0.0435. The molecule has 32 heavy (non-hydrogen) atoms. The molecule has 0 aliphatic carbocycles. The van der Waals surface area contributed by atoms with Gasteiger partial charge < -0.3 is 14.3 Å². The van der Waals surface area contributed by atoms with Crippen LogP contribution >= 0.6 is 15.9 Å². The quantitative estimate of drug-likeness (QED) is 0.440. The summed E-state index contributed by atoms with van der Waals surface area (Å²) in [5, 5.41) is 13.2. The van der Waals surface area contributed by atoms with E-state index in [-0.39, 0.29) is 16.9 Å². The summed E-state index contributed by atoms with van der Waals surface area (Å²) in [5.74, 6) is -2.27. The molecule has 0 spiro atoms. The normalized spacial score (nSPS) is 15.2. The maximum atomic E-state index is 13.0. The van der Waals surface area contributed by atoms with E-state index in [2.05, 4.69) is 21.2 Å². The van der Waals surface area contributed by atoms with Crippen LogP contribution in [0.2, 0.25) is 0 Å². The van der Waals surface area contributed by atoms with Crippen molar-refractivity contribution in [1.29, 1.82) is 0 Å². The predicted molar refractivity (Wildman–Crippen MR) is 116 cm³/mol. The average molecular weight is 494 g/mol. The molecule has 4 rings (SSSR count). The van der Waals surface area contributed by atoms with Gasteiger partial charge >= 0.3 is 6.03 Å². The number of rotatable bonds is 4. The lowest BCUT2D eigenvalue weighted by Gasteiger charge is -2.26. The smallest absolute Gasteiger partial charge is 0.335 e. The summed E-state index contributed by atoms with van der Waals surface area (Å²) in [6, 6.07) is 13.3. The maximum Gasteiger partial charge on any atom is 0.335 e. The van der Waals surface area contributed by atoms with E-state index in [1.54, 1.807) is 49.4 Å². The number of aryl methyl sites for hydroxylation is 1. The standard InChI is InChI=1S/C23H15BrN2O6/c1-12-9-13(22(29)30)5-7-17(12)19-8-6-16(32-19)11-18-20(27)25-23(31)26(21(18)28)15-4-2-3-14(24)10-15/h2-11H,1H3,(H,29,30)(H,25,27,31)/p-1/b18-11-. The zero-order valence-corrected chi connectivity index (χ0v) is 18.1. The van der Waals surface area contributed by atoms with Crippen LogP contribution in [0.15, 0.2) is 69.1 Å². The van der Waals surface area contributed by atoms with Gasteiger partial charge in [-0.3, -0.25) is 14.9 Å². The van der Waals surface area contributed by atoms with E-state index < -0.39 is 23.8 Å². The summed E-state index contributed by atoms with van der Waals surface area (Å²) in [6.07, 6.45) is 1.25. The number of carboxylic acid groups (broad SMARTS) is 1. The van der Waals surface area contributed by atoms with Gasteiger partial charge in [0.25, 0.3) is 11.8 Å². The van der Waals surface area contributed by atoms with Crippen molar-refractivity contribution in [1.82, 2.24) is 5.32 Å². The van der Waals surface area contributed by atoms with Crippen LogP contribution in [-0.4, -0.2) is 23.8 Å². The summed E-state index contributed by atoms with van der Waals surface area (Å²) < 4.78 is 6.42. The van der Waals surface area contributed by atoms with E-state index in [1.165, 1.54) is 18.2 Å². The number of furan rings is 1. The van der Waals surface area contributed by atoms with Gasteiger partial charge in [0.15, 0.2) is 0 Å². The molecule has 3 aromatic rings. The number of barbiturate groups is 1. The van der Waals surface area contributed by atoms with E-state index >= 15 is 0 Å². The van der Waals surface area contributed by atoms with Gasteiger partial charge in [0.05, 0.1) is 11.7 Å². The molecule has 0 saturated carbocycles. The molecule has 1 fully saturated rings. The number of halogens is 1. The fourth-order valence-electron chi connectivity index (χ4n) is 3.29. The number of nitrogens with one attached hydrogen (secondary N) is 1. The first-order valence-electron chi connectivity index (χ1n) is 9.34.